The number of halogens is 1. The average molecular weight is 710 g/mol. The number of alkyl carbamates (subject to hydrolysis) is 1. The van der Waals surface area contributed by atoms with Crippen molar-refractivity contribution in [3.8, 4) is 0 Å². The van der Waals surface area contributed by atoms with Crippen LogP contribution in [0.5, 0.6) is 0 Å². The number of methoxy groups -OCH3 is 1. The highest BCUT2D eigenvalue weighted by molar-refractivity contribution is 7.92. The third-order valence-electron chi connectivity index (χ3n) is 12.6. The maximum Gasteiger partial charge on any atom is 0.407 e. The van der Waals surface area contributed by atoms with Crippen molar-refractivity contribution in [3.05, 3.63) is 59.9 Å². The minimum Gasteiger partial charge on any atom is -0.453 e. The van der Waals surface area contributed by atoms with Crippen LogP contribution in [0, 0.1) is 29.0 Å². The number of nitrogens with two attached hydrogens (primary N) is 1. The molecule has 0 spiro atoms. The van der Waals surface area contributed by atoms with Gasteiger partial charge in [0.25, 0.3) is 0 Å². The number of sulfone groups is 1. The maximum atomic E-state index is 15.1. The normalized spacial score (nSPS) is 27.2. The summed E-state index contributed by atoms with van der Waals surface area (Å²) in [4.78, 5) is 31.2. The highest BCUT2D eigenvalue weighted by Gasteiger charge is 2.77. The Kier molecular flexibility index (Phi) is 9.21. The van der Waals surface area contributed by atoms with Crippen LogP contribution < -0.4 is 21.3 Å². The summed E-state index contributed by atoms with van der Waals surface area (Å²) in [5.41, 5.74) is 6.12. The van der Waals surface area contributed by atoms with Gasteiger partial charge < -0.3 is 30.9 Å². The molecule has 3 aliphatic carbocycles. The van der Waals surface area contributed by atoms with E-state index in [0.29, 0.717) is 17.4 Å². The average Bonchev–Trinajstić information content (AvgIpc) is 3.98. The lowest BCUT2D eigenvalue weighted by Crippen LogP contribution is -2.60. The first-order valence-electron chi connectivity index (χ1n) is 18.3. The smallest absolute Gasteiger partial charge is 0.407 e. The number of carbonyl (C=O) groups excluding carboxylic acids is 2. The largest absolute Gasteiger partial charge is 0.453 e. The van der Waals surface area contributed by atoms with Gasteiger partial charge in [0.2, 0.25) is 5.91 Å². The van der Waals surface area contributed by atoms with Gasteiger partial charge >= 0.3 is 6.09 Å². The van der Waals surface area contributed by atoms with Crippen LogP contribution in [0.3, 0.4) is 0 Å². The predicted octanol–water partition coefficient (Wildman–Crippen LogP) is 4.23. The van der Waals surface area contributed by atoms with Crippen molar-refractivity contribution in [2.24, 2.45) is 28.9 Å². The summed E-state index contributed by atoms with van der Waals surface area (Å²) >= 11 is 0. The highest BCUT2D eigenvalue weighted by atomic mass is 32.2. The number of anilines is 1. The number of rotatable bonds is 12. The molecule has 2 aromatic rings. The molecule has 2 saturated heterocycles. The minimum absolute atomic E-state index is 0.128. The molecule has 50 heavy (non-hydrogen) atoms. The third kappa shape index (κ3) is 6.19. The molecule has 5 aliphatic rings. The molecule has 12 heteroatoms. The standard InChI is InChI=1S/C38H52FN5O5S/c1-36(2,40)34(45)41-24-38(27-6-4-7-28(39)20-27,37-17-5-8-32(37)33(37)42-35(46)49-3)26-15-18-43(19-16-26)21-25-22-44(23-25)29-9-11-30(12-10-29)50(47,48)31-13-14-31/h4,6-7,9-12,20,25-26,31-33H,5,8,13-19,21-24,40H2,1-3H3,(H,41,45)(H,42,46)/t32?,33-,37+,38+/m1/s1. The first kappa shape index (κ1) is 35.2. The number of hydrogen-bond acceptors (Lipinski definition) is 8. The molecule has 7 rings (SSSR count). The minimum atomic E-state index is -3.19. The van der Waals surface area contributed by atoms with Crippen LogP contribution in [0.15, 0.2) is 53.4 Å². The van der Waals surface area contributed by atoms with Gasteiger partial charge in [0.15, 0.2) is 9.84 Å². The van der Waals surface area contributed by atoms with Crippen LogP contribution in [0.4, 0.5) is 14.9 Å². The van der Waals surface area contributed by atoms with Crippen molar-refractivity contribution in [2.45, 2.75) is 85.9 Å². The topological polar surface area (TPSA) is 134 Å². The lowest BCUT2D eigenvalue weighted by atomic mass is 9.56. The Bertz CT molecular complexity index is 1700. The Labute approximate surface area is 295 Å². The molecule has 4 N–H and O–H groups in total. The zero-order valence-electron chi connectivity index (χ0n) is 29.5. The molecule has 272 valence electrons. The zero-order chi connectivity index (χ0) is 35.5. The SMILES string of the molecule is COC(=O)N[C@@H]1C2CCC[C@]21[C@](CNC(=O)C(C)(C)N)(c1cccc(F)c1)C1CCN(CC2CN(c3ccc(S(=O)(=O)C4CC4)cc3)C2)CC1. The van der Waals surface area contributed by atoms with E-state index < -0.39 is 26.9 Å². The van der Waals surface area contributed by atoms with Crippen LogP contribution in [0.25, 0.3) is 0 Å². The Morgan fingerprint density at radius 1 is 1.04 bits per heavy atom. The van der Waals surface area contributed by atoms with Gasteiger partial charge in [0.05, 0.1) is 22.8 Å². The summed E-state index contributed by atoms with van der Waals surface area (Å²) < 4.78 is 45.4. The number of fused-ring (bicyclic) bond motifs is 1. The van der Waals surface area contributed by atoms with Crippen molar-refractivity contribution in [3.63, 3.8) is 0 Å². The molecule has 1 unspecified atom stereocenters. The van der Waals surface area contributed by atoms with Crippen LogP contribution in [-0.4, -0.2) is 88.5 Å². The number of benzene rings is 2. The molecule has 2 aromatic carbocycles. The van der Waals surface area contributed by atoms with Gasteiger partial charge in [-0.1, -0.05) is 18.6 Å². The summed E-state index contributed by atoms with van der Waals surface area (Å²) in [7, 11) is -1.81. The fourth-order valence-electron chi connectivity index (χ4n) is 9.94. The third-order valence-corrected chi connectivity index (χ3v) is 14.9. The molecule has 2 aliphatic heterocycles. The summed E-state index contributed by atoms with van der Waals surface area (Å²) in [6.07, 6.45) is 5.66. The lowest BCUT2D eigenvalue weighted by Gasteiger charge is -2.52. The van der Waals surface area contributed by atoms with E-state index >= 15 is 4.39 Å². The molecule has 2 heterocycles. The molecular formula is C38H52FN5O5S. The van der Waals surface area contributed by atoms with Crippen LogP contribution in [0.1, 0.15) is 64.4 Å². The fraction of sp³-hybridized carbons (Fsp3) is 0.632. The van der Waals surface area contributed by atoms with Crippen molar-refractivity contribution in [1.29, 1.82) is 0 Å². The quantitative estimate of drug-likeness (QED) is 0.299. The monoisotopic (exact) mass is 709 g/mol. The van der Waals surface area contributed by atoms with Gasteiger partial charge in [-0.2, -0.15) is 0 Å². The van der Waals surface area contributed by atoms with Crippen molar-refractivity contribution in [2.75, 3.05) is 51.3 Å². The molecule has 2 amide bonds. The molecule has 0 aromatic heterocycles. The molecule has 4 atom stereocenters. The van der Waals surface area contributed by atoms with Gasteiger partial charge in [-0.25, -0.2) is 17.6 Å². The van der Waals surface area contributed by atoms with E-state index in [0.717, 1.165) is 88.9 Å². The van der Waals surface area contributed by atoms with Gasteiger partial charge in [-0.3, -0.25) is 4.79 Å². The van der Waals surface area contributed by atoms with E-state index in [-0.39, 0.29) is 40.3 Å². The molecule has 3 saturated carbocycles. The first-order chi connectivity index (χ1) is 23.8. The van der Waals surface area contributed by atoms with E-state index in [4.69, 9.17) is 10.5 Å². The van der Waals surface area contributed by atoms with E-state index in [1.165, 1.54) is 13.2 Å². The van der Waals surface area contributed by atoms with Crippen LogP contribution in [-0.2, 0) is 24.8 Å². The summed E-state index contributed by atoms with van der Waals surface area (Å²) in [5, 5.41) is 6.15. The predicted molar refractivity (Wildman–Crippen MR) is 190 cm³/mol. The number of amides is 2. The summed E-state index contributed by atoms with van der Waals surface area (Å²) in [6.45, 7) is 8.29. The number of carbonyl (C=O) groups is 2. The number of likely N-dealkylation sites (tertiary alicyclic amines) is 1. The van der Waals surface area contributed by atoms with E-state index in [9.17, 15) is 18.0 Å². The molecule has 5 fully saturated rings. The van der Waals surface area contributed by atoms with Crippen molar-refractivity contribution >= 4 is 27.5 Å². The second-order valence-corrected chi connectivity index (χ2v) is 18.4. The Balaban J connectivity index is 1.08. The Morgan fingerprint density at radius 2 is 1.74 bits per heavy atom. The number of nitrogens with one attached hydrogen (secondary N) is 2. The summed E-state index contributed by atoms with van der Waals surface area (Å²) in [5.74, 6) is 0.279. The second-order valence-electron chi connectivity index (χ2n) is 16.1. The summed E-state index contributed by atoms with van der Waals surface area (Å²) in [6, 6.07) is 14.1. The highest BCUT2D eigenvalue weighted by Crippen LogP contribution is 2.74. The van der Waals surface area contributed by atoms with Gasteiger partial charge in [0.1, 0.15) is 5.82 Å². The maximum absolute atomic E-state index is 15.1. The number of ether oxygens (including phenoxy) is 1. The van der Waals surface area contributed by atoms with Crippen LogP contribution in [0.2, 0.25) is 0 Å². The van der Waals surface area contributed by atoms with E-state index in [1.807, 2.05) is 18.2 Å². The Hall–Kier alpha value is -3.22. The Morgan fingerprint density at radius 3 is 2.36 bits per heavy atom. The van der Waals surface area contributed by atoms with E-state index in [2.05, 4.69) is 20.4 Å². The number of nitrogens with zero attached hydrogens (tertiary/aromatic N) is 2. The number of piperidine rings is 1. The molecular weight excluding hydrogens is 658 g/mol. The van der Waals surface area contributed by atoms with Gasteiger partial charge in [-0.05, 0) is 119 Å². The van der Waals surface area contributed by atoms with Gasteiger partial charge in [0, 0.05) is 54.7 Å². The van der Waals surface area contributed by atoms with Crippen LogP contribution >= 0.6 is 0 Å². The molecule has 0 bridgehead atoms. The fourth-order valence-corrected chi connectivity index (χ4v) is 11.6. The molecule has 10 nitrogen and oxygen atoms in total. The number of hydrogen-bond donors (Lipinski definition) is 3. The van der Waals surface area contributed by atoms with E-state index in [1.54, 1.807) is 38.1 Å². The van der Waals surface area contributed by atoms with Crippen molar-refractivity contribution < 1.29 is 27.1 Å². The first-order valence-corrected chi connectivity index (χ1v) is 19.8. The van der Waals surface area contributed by atoms with Gasteiger partial charge in [-0.15, -0.1) is 0 Å². The zero-order valence-corrected chi connectivity index (χ0v) is 30.3. The van der Waals surface area contributed by atoms with Crippen molar-refractivity contribution in [1.82, 2.24) is 15.5 Å². The molecule has 0 radical (unpaired) electrons. The second kappa shape index (κ2) is 13.1. The lowest BCUT2D eigenvalue weighted by molar-refractivity contribution is -0.126.